The maximum absolute atomic E-state index is 13.7. The standard InChI is InChI=1S/C27H22FN3O3/c28-21-11-7-19(8-12-21)25(32)30-16-17-31-26(33)23-5-1-2-6-24(23)27(30,31)20-9-13-22(14-10-20)34-18-4-3-15-29/h1-2,5-14H,3-4,16-18H2. The SMILES string of the molecule is N#CCCCOc1ccc(C23c4ccccc4C(=O)N2CCN3C(=O)c2ccc(F)cc2)cc1. The Balaban J connectivity index is 1.58. The van der Waals surface area contributed by atoms with Crippen LogP contribution in [0.5, 0.6) is 5.75 Å². The van der Waals surface area contributed by atoms with E-state index in [1.807, 2.05) is 42.5 Å². The summed E-state index contributed by atoms with van der Waals surface area (Å²) in [5, 5.41) is 8.69. The molecule has 2 heterocycles. The van der Waals surface area contributed by atoms with Crippen LogP contribution in [-0.4, -0.2) is 41.3 Å². The van der Waals surface area contributed by atoms with Crippen LogP contribution < -0.4 is 4.74 Å². The predicted molar refractivity (Wildman–Crippen MR) is 122 cm³/mol. The average molecular weight is 455 g/mol. The van der Waals surface area contributed by atoms with E-state index in [1.54, 1.807) is 15.9 Å². The van der Waals surface area contributed by atoms with Gasteiger partial charge in [0.2, 0.25) is 0 Å². The highest BCUT2D eigenvalue weighted by molar-refractivity contribution is 6.03. The molecule has 7 heteroatoms. The molecule has 1 fully saturated rings. The van der Waals surface area contributed by atoms with E-state index < -0.39 is 11.5 Å². The Labute approximate surface area is 196 Å². The van der Waals surface area contributed by atoms with Gasteiger partial charge in [0.1, 0.15) is 11.6 Å². The molecule has 2 aliphatic heterocycles. The molecule has 0 aliphatic carbocycles. The first kappa shape index (κ1) is 21.7. The van der Waals surface area contributed by atoms with Crippen LogP contribution in [0.1, 0.15) is 44.7 Å². The van der Waals surface area contributed by atoms with Gasteiger partial charge in [0, 0.05) is 41.8 Å². The van der Waals surface area contributed by atoms with Gasteiger partial charge in [-0.3, -0.25) is 9.59 Å². The molecule has 6 nitrogen and oxygen atoms in total. The number of benzene rings is 3. The van der Waals surface area contributed by atoms with Crippen LogP contribution in [0.15, 0.2) is 72.8 Å². The van der Waals surface area contributed by atoms with Crippen molar-refractivity contribution in [3.05, 3.63) is 101 Å². The van der Waals surface area contributed by atoms with Gasteiger partial charge in [-0.25, -0.2) is 4.39 Å². The normalized spacial score (nSPS) is 18.4. The third-order valence-electron chi connectivity index (χ3n) is 6.40. The van der Waals surface area contributed by atoms with E-state index in [9.17, 15) is 14.0 Å². The van der Waals surface area contributed by atoms with Gasteiger partial charge in [-0.15, -0.1) is 0 Å². The predicted octanol–water partition coefficient (Wildman–Crippen LogP) is 4.32. The zero-order valence-electron chi connectivity index (χ0n) is 18.4. The smallest absolute Gasteiger partial charge is 0.256 e. The monoisotopic (exact) mass is 455 g/mol. The van der Waals surface area contributed by atoms with Crippen molar-refractivity contribution in [1.82, 2.24) is 9.80 Å². The summed E-state index contributed by atoms with van der Waals surface area (Å²) in [7, 11) is 0. The van der Waals surface area contributed by atoms with Crippen LogP contribution in [0.25, 0.3) is 0 Å². The number of carbonyl (C=O) groups excluding carboxylic acids is 2. The summed E-state index contributed by atoms with van der Waals surface area (Å²) in [5.74, 6) is -0.164. The first-order valence-electron chi connectivity index (χ1n) is 11.2. The molecule has 0 spiro atoms. The van der Waals surface area contributed by atoms with Gasteiger partial charge in [-0.05, 0) is 48.9 Å². The second-order valence-corrected chi connectivity index (χ2v) is 8.27. The highest BCUT2D eigenvalue weighted by Crippen LogP contribution is 2.50. The van der Waals surface area contributed by atoms with Gasteiger partial charge in [-0.1, -0.05) is 30.3 Å². The van der Waals surface area contributed by atoms with Gasteiger partial charge in [0.15, 0.2) is 5.66 Å². The Kier molecular flexibility index (Phi) is 5.50. The molecular formula is C27H22FN3O3. The molecule has 3 aromatic rings. The summed E-state index contributed by atoms with van der Waals surface area (Å²) in [6.45, 7) is 1.16. The number of nitrogens with zero attached hydrogens (tertiary/aromatic N) is 3. The Morgan fingerprint density at radius 2 is 1.76 bits per heavy atom. The van der Waals surface area contributed by atoms with E-state index in [0.717, 1.165) is 11.1 Å². The molecule has 34 heavy (non-hydrogen) atoms. The van der Waals surface area contributed by atoms with Gasteiger partial charge >= 0.3 is 0 Å². The number of hydrogen-bond donors (Lipinski definition) is 0. The van der Waals surface area contributed by atoms with Crippen LogP contribution in [0, 0.1) is 17.1 Å². The highest BCUT2D eigenvalue weighted by atomic mass is 19.1. The molecule has 1 atom stereocenters. The molecule has 0 aromatic heterocycles. The van der Waals surface area contributed by atoms with Crippen molar-refractivity contribution < 1.29 is 18.7 Å². The van der Waals surface area contributed by atoms with Crippen LogP contribution in [0.4, 0.5) is 4.39 Å². The topological polar surface area (TPSA) is 73.6 Å². The van der Waals surface area contributed by atoms with E-state index in [-0.39, 0.29) is 11.8 Å². The molecule has 0 saturated carbocycles. The number of halogens is 1. The first-order valence-corrected chi connectivity index (χ1v) is 11.2. The number of hydrogen-bond acceptors (Lipinski definition) is 4. The molecule has 0 bridgehead atoms. The molecule has 1 unspecified atom stereocenters. The van der Waals surface area contributed by atoms with Gasteiger partial charge in [0.25, 0.3) is 11.8 Å². The number of fused-ring (bicyclic) bond motifs is 3. The van der Waals surface area contributed by atoms with Crippen LogP contribution in [0.3, 0.4) is 0 Å². The van der Waals surface area contributed by atoms with Crippen molar-refractivity contribution >= 4 is 11.8 Å². The van der Waals surface area contributed by atoms with E-state index in [2.05, 4.69) is 6.07 Å². The van der Waals surface area contributed by atoms with Crippen molar-refractivity contribution in [2.24, 2.45) is 0 Å². The summed E-state index contributed by atoms with van der Waals surface area (Å²) in [6, 6.07) is 22.3. The quantitative estimate of drug-likeness (QED) is 0.519. The van der Waals surface area contributed by atoms with Crippen molar-refractivity contribution in [2.45, 2.75) is 18.5 Å². The second-order valence-electron chi connectivity index (χ2n) is 8.27. The van der Waals surface area contributed by atoms with Gasteiger partial charge in [0.05, 0.1) is 12.7 Å². The number of nitriles is 1. The third-order valence-corrected chi connectivity index (χ3v) is 6.40. The minimum atomic E-state index is -1.10. The molecule has 3 aromatic carbocycles. The molecule has 170 valence electrons. The lowest BCUT2D eigenvalue weighted by atomic mass is 9.89. The Morgan fingerprint density at radius 1 is 1.03 bits per heavy atom. The van der Waals surface area contributed by atoms with Crippen LogP contribution in [0.2, 0.25) is 0 Å². The van der Waals surface area contributed by atoms with E-state index >= 15 is 0 Å². The largest absolute Gasteiger partial charge is 0.494 e. The Bertz CT molecular complexity index is 1280. The van der Waals surface area contributed by atoms with E-state index in [0.29, 0.717) is 49.4 Å². The number of unbranched alkanes of at least 4 members (excludes halogenated alkanes) is 1. The molecule has 5 rings (SSSR count). The first-order chi connectivity index (χ1) is 16.6. The van der Waals surface area contributed by atoms with Crippen LogP contribution in [-0.2, 0) is 5.66 Å². The Morgan fingerprint density at radius 3 is 2.50 bits per heavy atom. The summed E-state index contributed by atoms with van der Waals surface area (Å²) in [5.41, 5.74) is 1.34. The number of amides is 2. The van der Waals surface area contributed by atoms with Crippen molar-refractivity contribution in [3.63, 3.8) is 0 Å². The number of rotatable bonds is 6. The summed E-state index contributed by atoms with van der Waals surface area (Å²) in [4.78, 5) is 30.5. The fourth-order valence-electron chi connectivity index (χ4n) is 4.92. The number of carbonyl (C=O) groups is 2. The lowest BCUT2D eigenvalue weighted by molar-refractivity contribution is 0.0375. The lowest BCUT2D eigenvalue weighted by Crippen LogP contribution is -2.51. The van der Waals surface area contributed by atoms with E-state index in [1.165, 1.54) is 24.3 Å². The van der Waals surface area contributed by atoms with Crippen molar-refractivity contribution in [2.75, 3.05) is 19.7 Å². The average Bonchev–Trinajstić information content (AvgIpc) is 3.38. The zero-order valence-corrected chi connectivity index (χ0v) is 18.4. The Hall–Kier alpha value is -4.18. The maximum atomic E-state index is 13.7. The van der Waals surface area contributed by atoms with Gasteiger partial charge in [-0.2, -0.15) is 5.26 Å². The van der Waals surface area contributed by atoms with Crippen molar-refractivity contribution in [1.29, 1.82) is 5.26 Å². The minimum Gasteiger partial charge on any atom is -0.494 e. The minimum absolute atomic E-state index is 0.123. The number of ether oxygens (including phenoxy) is 1. The lowest BCUT2D eigenvalue weighted by Gasteiger charge is -2.40. The molecule has 0 N–H and O–H groups in total. The highest BCUT2D eigenvalue weighted by Gasteiger charge is 2.59. The summed E-state index contributed by atoms with van der Waals surface area (Å²) >= 11 is 0. The second kappa shape index (κ2) is 8.64. The van der Waals surface area contributed by atoms with Crippen LogP contribution >= 0.6 is 0 Å². The zero-order chi connectivity index (χ0) is 23.7. The molecule has 2 amide bonds. The fourth-order valence-corrected chi connectivity index (χ4v) is 4.92. The molecular weight excluding hydrogens is 433 g/mol. The van der Waals surface area contributed by atoms with Gasteiger partial charge < -0.3 is 14.5 Å². The molecule has 0 radical (unpaired) electrons. The fraction of sp³-hybridized carbons (Fsp3) is 0.222. The summed E-state index contributed by atoms with van der Waals surface area (Å²) < 4.78 is 19.2. The molecule has 1 saturated heterocycles. The molecule has 2 aliphatic rings. The summed E-state index contributed by atoms with van der Waals surface area (Å²) in [6.07, 6.45) is 1.06. The maximum Gasteiger partial charge on any atom is 0.256 e. The van der Waals surface area contributed by atoms with E-state index in [4.69, 9.17) is 10.00 Å². The van der Waals surface area contributed by atoms with Crippen molar-refractivity contribution in [3.8, 4) is 11.8 Å². The third kappa shape index (κ3) is 3.30.